The third kappa shape index (κ3) is 1.72. The summed E-state index contributed by atoms with van der Waals surface area (Å²) in [6, 6.07) is 8.09. The molecule has 2 aliphatic heterocycles. The summed E-state index contributed by atoms with van der Waals surface area (Å²) < 4.78 is 10.6. The molecule has 3 rings (SSSR count). The molecule has 1 aromatic carbocycles. The maximum Gasteiger partial charge on any atom is 0.216 e. The zero-order valence-corrected chi connectivity index (χ0v) is 8.85. The summed E-state index contributed by atoms with van der Waals surface area (Å²) in [5, 5.41) is 0. The smallest absolute Gasteiger partial charge is 0.216 e. The Balaban J connectivity index is 1.93. The van der Waals surface area contributed by atoms with E-state index in [-0.39, 0.29) is 0 Å². The lowest BCUT2D eigenvalue weighted by Crippen LogP contribution is -2.06. The van der Waals surface area contributed by atoms with Crippen LogP contribution < -0.4 is 0 Å². The second-order valence-electron chi connectivity index (χ2n) is 3.70. The summed E-state index contributed by atoms with van der Waals surface area (Å²) in [5.74, 6) is 0.737. The summed E-state index contributed by atoms with van der Waals surface area (Å²) in [4.78, 5) is 8.58. The van der Waals surface area contributed by atoms with Gasteiger partial charge in [0, 0.05) is 5.56 Å². The van der Waals surface area contributed by atoms with E-state index in [1.54, 1.807) is 0 Å². The summed E-state index contributed by atoms with van der Waals surface area (Å²) >= 11 is 0. The Bertz CT molecular complexity index is 427. The molecular weight excluding hydrogens is 204 g/mol. The maximum absolute atomic E-state index is 5.44. The predicted octanol–water partition coefficient (Wildman–Crippen LogP) is 1.24. The van der Waals surface area contributed by atoms with Crippen LogP contribution in [0.5, 0.6) is 0 Å². The summed E-state index contributed by atoms with van der Waals surface area (Å²) in [6.45, 7) is 2.50. The van der Waals surface area contributed by atoms with Crippen LogP contribution in [-0.4, -0.2) is 38.1 Å². The highest BCUT2D eigenvalue weighted by Gasteiger charge is 2.13. The third-order valence-corrected chi connectivity index (χ3v) is 2.61. The fourth-order valence-electron chi connectivity index (χ4n) is 1.83. The molecule has 2 aliphatic rings. The lowest BCUT2D eigenvalue weighted by molar-refractivity contribution is 0.202. The molecule has 0 atom stereocenters. The molecule has 0 amide bonds. The normalized spacial score (nSPS) is 19.2. The fourth-order valence-corrected chi connectivity index (χ4v) is 1.83. The second kappa shape index (κ2) is 4.06. The first kappa shape index (κ1) is 9.54. The Labute approximate surface area is 93.6 Å². The van der Waals surface area contributed by atoms with E-state index in [9.17, 15) is 0 Å². The number of nitrogens with zero attached hydrogens (tertiary/aromatic N) is 2. The van der Waals surface area contributed by atoms with Crippen LogP contribution in [0.4, 0.5) is 0 Å². The first-order valence-corrected chi connectivity index (χ1v) is 5.32. The van der Waals surface area contributed by atoms with Crippen LogP contribution in [-0.2, 0) is 9.47 Å². The van der Waals surface area contributed by atoms with E-state index in [1.807, 2.05) is 18.2 Å². The third-order valence-electron chi connectivity index (χ3n) is 2.61. The molecule has 0 unspecified atom stereocenters. The molecule has 82 valence electrons. The molecule has 4 nitrogen and oxygen atoms in total. The highest BCUT2D eigenvalue weighted by atomic mass is 16.5. The van der Waals surface area contributed by atoms with Crippen LogP contribution >= 0.6 is 0 Å². The minimum Gasteiger partial charge on any atom is -0.476 e. The summed E-state index contributed by atoms with van der Waals surface area (Å²) in [5.41, 5.74) is 3.11. The van der Waals surface area contributed by atoms with Gasteiger partial charge in [-0.3, -0.25) is 4.99 Å². The molecule has 0 fully saturated rings. The fraction of sp³-hybridized carbons (Fsp3) is 0.333. The van der Waals surface area contributed by atoms with Crippen LogP contribution in [0.2, 0.25) is 0 Å². The number of aliphatic imine (C=N–C) groups is 2. The van der Waals surface area contributed by atoms with Gasteiger partial charge in [-0.15, -0.1) is 0 Å². The van der Waals surface area contributed by atoms with Crippen molar-refractivity contribution in [3.8, 4) is 0 Å². The average molecular weight is 216 g/mol. The van der Waals surface area contributed by atoms with Crippen LogP contribution in [0.25, 0.3) is 0 Å². The van der Waals surface area contributed by atoms with Crippen molar-refractivity contribution in [2.45, 2.75) is 0 Å². The molecule has 0 saturated heterocycles. The molecular formula is C12H12N2O2. The summed E-state index contributed by atoms with van der Waals surface area (Å²) in [7, 11) is 0. The van der Waals surface area contributed by atoms with Crippen molar-refractivity contribution in [1.82, 2.24) is 0 Å². The highest BCUT2D eigenvalue weighted by Crippen LogP contribution is 2.13. The maximum atomic E-state index is 5.44. The predicted molar refractivity (Wildman–Crippen MR) is 61.2 cm³/mol. The van der Waals surface area contributed by atoms with Gasteiger partial charge < -0.3 is 9.47 Å². The van der Waals surface area contributed by atoms with Crippen LogP contribution in [0, 0.1) is 0 Å². The van der Waals surface area contributed by atoms with E-state index in [4.69, 9.17) is 9.47 Å². The van der Waals surface area contributed by atoms with E-state index in [1.165, 1.54) is 0 Å². The Hall–Kier alpha value is -1.68. The lowest BCUT2D eigenvalue weighted by Gasteiger charge is -2.04. The largest absolute Gasteiger partial charge is 0.476 e. The molecule has 0 aliphatic carbocycles. The van der Waals surface area contributed by atoms with Crippen molar-refractivity contribution in [1.29, 1.82) is 0 Å². The first-order valence-electron chi connectivity index (χ1n) is 5.32. The lowest BCUT2D eigenvalue weighted by atomic mass is 10.1. The monoisotopic (exact) mass is 216 g/mol. The molecule has 0 bridgehead atoms. The molecule has 0 radical (unpaired) electrons. The molecule has 2 heterocycles. The molecule has 4 heteroatoms. The highest BCUT2D eigenvalue weighted by molar-refractivity contribution is 6.04. The van der Waals surface area contributed by atoms with E-state index in [0.717, 1.165) is 29.3 Å². The van der Waals surface area contributed by atoms with Gasteiger partial charge in [0.25, 0.3) is 0 Å². The first-order chi connectivity index (χ1) is 7.93. The van der Waals surface area contributed by atoms with E-state index in [0.29, 0.717) is 19.9 Å². The van der Waals surface area contributed by atoms with Crippen molar-refractivity contribution in [3.05, 3.63) is 35.4 Å². The molecule has 0 spiro atoms. The van der Waals surface area contributed by atoms with Crippen molar-refractivity contribution >= 4 is 11.6 Å². The van der Waals surface area contributed by atoms with Gasteiger partial charge >= 0.3 is 0 Å². The summed E-state index contributed by atoms with van der Waals surface area (Å²) in [6.07, 6.45) is 0. The van der Waals surface area contributed by atoms with Crippen molar-refractivity contribution < 1.29 is 9.47 Å². The van der Waals surface area contributed by atoms with Gasteiger partial charge in [-0.1, -0.05) is 12.1 Å². The van der Waals surface area contributed by atoms with E-state index >= 15 is 0 Å². The Morgan fingerprint density at radius 2 is 2.06 bits per heavy atom. The Morgan fingerprint density at radius 3 is 2.81 bits per heavy atom. The number of ether oxygens (including phenoxy) is 2. The standard InChI is InChI=1S/C12H12N2O2/c1-2-9(11-7-15-8-14-11)6-10(3-1)12-13-4-5-16-12/h1-3,6H,4-5,7-8H2. The molecule has 1 aromatic rings. The minimum atomic E-state index is 0.469. The van der Waals surface area contributed by atoms with Gasteiger partial charge in [0.1, 0.15) is 13.3 Å². The van der Waals surface area contributed by atoms with Gasteiger partial charge in [-0.2, -0.15) is 0 Å². The van der Waals surface area contributed by atoms with Crippen LogP contribution in [0.1, 0.15) is 11.1 Å². The van der Waals surface area contributed by atoms with Crippen molar-refractivity contribution in [2.75, 3.05) is 26.5 Å². The average Bonchev–Trinajstić information content (AvgIpc) is 3.03. The minimum absolute atomic E-state index is 0.469. The van der Waals surface area contributed by atoms with Gasteiger partial charge in [-0.05, 0) is 17.7 Å². The molecule has 0 saturated carbocycles. The van der Waals surface area contributed by atoms with Gasteiger partial charge in [-0.25, -0.2) is 4.99 Å². The Kier molecular flexibility index (Phi) is 2.42. The number of hydrogen-bond acceptors (Lipinski definition) is 4. The molecule has 16 heavy (non-hydrogen) atoms. The SMILES string of the molecule is c1cc(C2=NCOC2)cc(C2=NCCO2)c1. The van der Waals surface area contributed by atoms with Crippen molar-refractivity contribution in [2.24, 2.45) is 9.98 Å². The number of rotatable bonds is 2. The van der Waals surface area contributed by atoms with Crippen molar-refractivity contribution in [3.63, 3.8) is 0 Å². The van der Waals surface area contributed by atoms with E-state index in [2.05, 4.69) is 16.1 Å². The number of hydrogen-bond donors (Lipinski definition) is 0. The Morgan fingerprint density at radius 1 is 1.12 bits per heavy atom. The van der Waals surface area contributed by atoms with Gasteiger partial charge in [0.05, 0.1) is 18.9 Å². The second-order valence-corrected chi connectivity index (χ2v) is 3.70. The van der Waals surface area contributed by atoms with Crippen LogP contribution in [0.3, 0.4) is 0 Å². The molecule has 0 N–H and O–H groups in total. The number of benzene rings is 1. The molecule has 0 aromatic heterocycles. The zero-order chi connectivity index (χ0) is 10.8. The quantitative estimate of drug-likeness (QED) is 0.746. The zero-order valence-electron chi connectivity index (χ0n) is 8.85. The van der Waals surface area contributed by atoms with Gasteiger partial charge in [0.2, 0.25) is 5.90 Å². The topological polar surface area (TPSA) is 43.2 Å². The van der Waals surface area contributed by atoms with E-state index < -0.39 is 0 Å². The van der Waals surface area contributed by atoms with Gasteiger partial charge in [0.15, 0.2) is 0 Å². The van der Waals surface area contributed by atoms with Crippen LogP contribution in [0.15, 0.2) is 34.3 Å².